The number of halogens is 2. The van der Waals surface area contributed by atoms with Crippen molar-refractivity contribution in [2.45, 2.75) is 11.0 Å². The molecule has 2 aromatic rings. The average molecular weight is 348 g/mol. The number of thioether (sulfide) groups is 1. The molecule has 0 aliphatic rings. The Morgan fingerprint density at radius 3 is 2.67 bits per heavy atom. The van der Waals surface area contributed by atoms with Gasteiger partial charge in [-0.3, -0.25) is 4.68 Å². The number of aromatic nitrogens is 2. The predicted molar refractivity (Wildman–Crippen MR) is 78.0 cm³/mol. The normalized spacial score (nSPS) is 12.7. The number of hydrogen-bond donors (Lipinski definition) is 1. The van der Waals surface area contributed by atoms with Gasteiger partial charge in [-0.15, -0.1) is 11.8 Å². The maximum atomic E-state index is 10.1. The summed E-state index contributed by atoms with van der Waals surface area (Å²) >= 11 is 10.8. The molecule has 0 saturated carbocycles. The van der Waals surface area contributed by atoms with E-state index in [0.29, 0.717) is 10.8 Å². The van der Waals surface area contributed by atoms with E-state index in [-0.39, 0.29) is 0 Å². The fourth-order valence-corrected chi connectivity index (χ4v) is 3.16. The number of aryl methyl sites for hydroxylation is 1. The third-order valence-corrected chi connectivity index (χ3v) is 4.43. The standard InChI is InChI=1S/C12H12BrClN2OS/c1-16-12(10(13)6-15-16)11(17)7-18-9-4-2-8(14)3-5-9/h2-6,11,17H,7H2,1H3. The first-order valence-electron chi connectivity index (χ1n) is 5.31. The van der Waals surface area contributed by atoms with Gasteiger partial charge in [-0.25, -0.2) is 0 Å². The summed E-state index contributed by atoms with van der Waals surface area (Å²) in [5, 5.41) is 15.0. The smallest absolute Gasteiger partial charge is 0.106 e. The van der Waals surface area contributed by atoms with Crippen LogP contribution in [0, 0.1) is 0 Å². The van der Waals surface area contributed by atoms with E-state index in [1.165, 1.54) is 0 Å². The van der Waals surface area contributed by atoms with E-state index in [0.717, 1.165) is 15.1 Å². The highest BCUT2D eigenvalue weighted by molar-refractivity contribution is 9.10. The van der Waals surface area contributed by atoms with E-state index in [1.807, 2.05) is 31.3 Å². The molecule has 1 N–H and O–H groups in total. The highest BCUT2D eigenvalue weighted by Gasteiger charge is 2.16. The fraction of sp³-hybridized carbons (Fsp3) is 0.250. The molecule has 2 rings (SSSR count). The highest BCUT2D eigenvalue weighted by atomic mass is 79.9. The van der Waals surface area contributed by atoms with Crippen LogP contribution in [0.1, 0.15) is 11.8 Å². The summed E-state index contributed by atoms with van der Waals surface area (Å²) in [7, 11) is 1.82. The van der Waals surface area contributed by atoms with Gasteiger partial charge in [-0.1, -0.05) is 11.6 Å². The van der Waals surface area contributed by atoms with Crippen LogP contribution >= 0.6 is 39.3 Å². The lowest BCUT2D eigenvalue weighted by Crippen LogP contribution is -2.08. The van der Waals surface area contributed by atoms with Crippen LogP contribution in [-0.4, -0.2) is 20.6 Å². The van der Waals surface area contributed by atoms with Gasteiger partial charge < -0.3 is 5.11 Å². The second kappa shape index (κ2) is 6.10. The van der Waals surface area contributed by atoms with Gasteiger partial charge in [-0.2, -0.15) is 5.10 Å². The summed E-state index contributed by atoms with van der Waals surface area (Å²) in [5.74, 6) is 0.569. The summed E-state index contributed by atoms with van der Waals surface area (Å²) in [6.07, 6.45) is 1.12. The molecule has 0 amide bonds. The molecule has 0 aliphatic carbocycles. The molecular weight excluding hydrogens is 336 g/mol. The Morgan fingerprint density at radius 2 is 2.11 bits per heavy atom. The Labute approximate surface area is 123 Å². The van der Waals surface area contributed by atoms with Crippen LogP contribution in [0.15, 0.2) is 39.8 Å². The Balaban J connectivity index is 2.00. The van der Waals surface area contributed by atoms with Crippen LogP contribution in [0.2, 0.25) is 5.02 Å². The van der Waals surface area contributed by atoms with Gasteiger partial charge in [0.2, 0.25) is 0 Å². The Hall–Kier alpha value is -0.490. The quantitative estimate of drug-likeness (QED) is 0.858. The molecule has 6 heteroatoms. The van der Waals surface area contributed by atoms with Crippen LogP contribution in [0.5, 0.6) is 0 Å². The van der Waals surface area contributed by atoms with Crippen LogP contribution in [0.4, 0.5) is 0 Å². The molecule has 0 bridgehead atoms. The minimum absolute atomic E-state index is 0.562. The zero-order valence-corrected chi connectivity index (χ0v) is 12.8. The molecule has 1 unspecified atom stereocenters. The zero-order chi connectivity index (χ0) is 13.1. The zero-order valence-electron chi connectivity index (χ0n) is 9.68. The lowest BCUT2D eigenvalue weighted by Gasteiger charge is -2.11. The summed E-state index contributed by atoms with van der Waals surface area (Å²) < 4.78 is 2.51. The predicted octanol–water partition coefficient (Wildman–Crippen LogP) is 3.66. The first-order valence-corrected chi connectivity index (χ1v) is 7.47. The molecule has 0 fully saturated rings. The van der Waals surface area contributed by atoms with E-state index < -0.39 is 6.10 Å². The summed E-state index contributed by atoms with van der Waals surface area (Å²) in [5.41, 5.74) is 0.788. The van der Waals surface area contributed by atoms with Gasteiger partial charge in [0.25, 0.3) is 0 Å². The molecule has 18 heavy (non-hydrogen) atoms. The van der Waals surface area contributed by atoms with Crippen molar-refractivity contribution in [3.63, 3.8) is 0 Å². The molecule has 1 aromatic carbocycles. The first kappa shape index (κ1) is 13.9. The largest absolute Gasteiger partial charge is 0.386 e. The Bertz CT molecular complexity index is 510. The summed E-state index contributed by atoms with van der Waals surface area (Å²) in [6.45, 7) is 0. The van der Waals surface area contributed by atoms with E-state index in [1.54, 1.807) is 22.6 Å². The van der Waals surface area contributed by atoms with E-state index in [4.69, 9.17) is 11.6 Å². The molecule has 0 spiro atoms. The second-order valence-electron chi connectivity index (χ2n) is 3.78. The molecular formula is C12H12BrClN2OS. The lowest BCUT2D eigenvalue weighted by molar-refractivity contribution is 0.193. The van der Waals surface area contributed by atoms with Crippen molar-refractivity contribution in [3.8, 4) is 0 Å². The van der Waals surface area contributed by atoms with Gasteiger partial charge in [0.1, 0.15) is 6.10 Å². The maximum Gasteiger partial charge on any atom is 0.106 e. The summed E-state index contributed by atoms with van der Waals surface area (Å²) in [6, 6.07) is 7.57. The highest BCUT2D eigenvalue weighted by Crippen LogP contribution is 2.29. The van der Waals surface area contributed by atoms with Gasteiger partial charge in [0, 0.05) is 22.7 Å². The van der Waals surface area contributed by atoms with Gasteiger partial charge >= 0.3 is 0 Å². The Kier molecular flexibility index (Phi) is 4.72. The average Bonchev–Trinajstić information content (AvgIpc) is 2.68. The molecule has 0 radical (unpaired) electrons. The van der Waals surface area contributed by atoms with Gasteiger partial charge in [0.05, 0.1) is 16.4 Å². The van der Waals surface area contributed by atoms with E-state index in [2.05, 4.69) is 21.0 Å². The van der Waals surface area contributed by atoms with Crippen molar-refractivity contribution in [1.82, 2.24) is 9.78 Å². The van der Waals surface area contributed by atoms with E-state index >= 15 is 0 Å². The lowest BCUT2D eigenvalue weighted by atomic mass is 10.3. The van der Waals surface area contributed by atoms with Gasteiger partial charge in [-0.05, 0) is 40.2 Å². The number of aliphatic hydroxyl groups is 1. The number of hydrogen-bond acceptors (Lipinski definition) is 3. The number of rotatable bonds is 4. The van der Waals surface area contributed by atoms with Crippen molar-refractivity contribution in [2.24, 2.45) is 7.05 Å². The summed E-state index contributed by atoms with van der Waals surface area (Å²) in [4.78, 5) is 1.08. The molecule has 96 valence electrons. The molecule has 0 saturated heterocycles. The van der Waals surface area contributed by atoms with Crippen molar-refractivity contribution in [3.05, 3.63) is 45.7 Å². The Morgan fingerprint density at radius 1 is 1.44 bits per heavy atom. The molecule has 1 heterocycles. The van der Waals surface area contributed by atoms with Gasteiger partial charge in [0.15, 0.2) is 0 Å². The van der Waals surface area contributed by atoms with Crippen LogP contribution in [-0.2, 0) is 7.05 Å². The molecule has 3 nitrogen and oxygen atoms in total. The third kappa shape index (κ3) is 3.29. The third-order valence-electron chi connectivity index (χ3n) is 2.47. The first-order chi connectivity index (χ1) is 8.58. The topological polar surface area (TPSA) is 38.0 Å². The fourth-order valence-electron chi connectivity index (χ4n) is 1.58. The van der Waals surface area contributed by atoms with Crippen molar-refractivity contribution >= 4 is 39.3 Å². The van der Waals surface area contributed by atoms with Crippen LogP contribution in [0.25, 0.3) is 0 Å². The molecule has 1 aromatic heterocycles. The number of nitrogens with zero attached hydrogens (tertiary/aromatic N) is 2. The molecule has 0 aliphatic heterocycles. The van der Waals surface area contributed by atoms with Crippen molar-refractivity contribution in [1.29, 1.82) is 0 Å². The van der Waals surface area contributed by atoms with Crippen molar-refractivity contribution < 1.29 is 5.11 Å². The SMILES string of the molecule is Cn1ncc(Br)c1C(O)CSc1ccc(Cl)cc1. The van der Waals surface area contributed by atoms with Crippen LogP contribution in [0.3, 0.4) is 0 Å². The monoisotopic (exact) mass is 346 g/mol. The maximum absolute atomic E-state index is 10.1. The number of benzene rings is 1. The van der Waals surface area contributed by atoms with Crippen molar-refractivity contribution in [2.75, 3.05) is 5.75 Å². The van der Waals surface area contributed by atoms with Crippen LogP contribution < -0.4 is 0 Å². The second-order valence-corrected chi connectivity index (χ2v) is 6.17. The minimum atomic E-state index is -0.562. The minimum Gasteiger partial charge on any atom is -0.386 e. The van der Waals surface area contributed by atoms with E-state index in [9.17, 15) is 5.11 Å². The molecule has 1 atom stereocenters. The number of aliphatic hydroxyl groups excluding tert-OH is 1.